The number of amides is 1. The minimum absolute atomic E-state index is 0.0357. The molecule has 0 aromatic heterocycles. The van der Waals surface area contributed by atoms with E-state index in [0.717, 1.165) is 11.1 Å². The van der Waals surface area contributed by atoms with E-state index in [-0.39, 0.29) is 11.7 Å². The highest BCUT2D eigenvalue weighted by atomic mass is 16.1. The molecule has 17 heavy (non-hydrogen) atoms. The van der Waals surface area contributed by atoms with Crippen LogP contribution in [0.15, 0.2) is 30.3 Å². The van der Waals surface area contributed by atoms with Crippen molar-refractivity contribution >= 4 is 17.8 Å². The topological polar surface area (TPSA) is 46.2 Å². The Morgan fingerprint density at radius 1 is 1.18 bits per heavy atom. The fourth-order valence-corrected chi connectivity index (χ4v) is 1.43. The second kappa shape index (κ2) is 6.63. The lowest BCUT2D eigenvalue weighted by Gasteiger charge is -1.99. The summed E-state index contributed by atoms with van der Waals surface area (Å²) in [5.41, 5.74) is 2.08. The Hall–Kier alpha value is -1.90. The molecule has 0 atom stereocenters. The summed E-state index contributed by atoms with van der Waals surface area (Å²) in [6, 6.07) is 7.81. The number of carbonyl (C=O) groups excluding carboxylic acids is 2. The summed E-state index contributed by atoms with van der Waals surface area (Å²) < 4.78 is 0. The Balaban J connectivity index is 2.50. The molecule has 1 rings (SSSR count). The standard InChI is InChI=1S/C14H17NO2/c1-11(16)10-14-7-5-13(6-8-14)4-3-9-15-12(2)17/h3-8H,9-10H2,1-2H3,(H,15,17). The number of rotatable bonds is 5. The Labute approximate surface area is 102 Å². The van der Waals surface area contributed by atoms with Gasteiger partial charge in [-0.1, -0.05) is 36.4 Å². The van der Waals surface area contributed by atoms with Crippen molar-refractivity contribution < 1.29 is 9.59 Å². The van der Waals surface area contributed by atoms with E-state index < -0.39 is 0 Å². The van der Waals surface area contributed by atoms with Crippen LogP contribution in [0.25, 0.3) is 6.08 Å². The van der Waals surface area contributed by atoms with Crippen LogP contribution < -0.4 is 5.32 Å². The number of nitrogens with one attached hydrogen (secondary N) is 1. The first-order valence-corrected chi connectivity index (χ1v) is 5.57. The average Bonchev–Trinajstić information content (AvgIpc) is 2.25. The lowest BCUT2D eigenvalue weighted by molar-refractivity contribution is -0.119. The van der Waals surface area contributed by atoms with E-state index in [9.17, 15) is 9.59 Å². The molecule has 1 aromatic carbocycles. The van der Waals surface area contributed by atoms with Gasteiger partial charge >= 0.3 is 0 Å². The van der Waals surface area contributed by atoms with Crippen LogP contribution in [-0.2, 0) is 16.0 Å². The fraction of sp³-hybridized carbons (Fsp3) is 0.286. The predicted molar refractivity (Wildman–Crippen MR) is 68.5 cm³/mol. The number of hydrogen-bond donors (Lipinski definition) is 1. The molecule has 0 spiro atoms. The minimum atomic E-state index is -0.0357. The maximum absolute atomic E-state index is 10.9. The summed E-state index contributed by atoms with van der Waals surface area (Å²) in [7, 11) is 0. The molecule has 0 aliphatic carbocycles. The van der Waals surface area contributed by atoms with Gasteiger partial charge in [0.2, 0.25) is 5.91 Å². The van der Waals surface area contributed by atoms with E-state index in [1.807, 2.05) is 36.4 Å². The van der Waals surface area contributed by atoms with Crippen molar-refractivity contribution in [1.29, 1.82) is 0 Å². The molecule has 0 aliphatic heterocycles. The van der Waals surface area contributed by atoms with Gasteiger partial charge in [0.25, 0.3) is 0 Å². The molecule has 0 bridgehead atoms. The van der Waals surface area contributed by atoms with E-state index in [4.69, 9.17) is 0 Å². The third-order valence-electron chi connectivity index (χ3n) is 2.21. The van der Waals surface area contributed by atoms with Crippen LogP contribution in [0.3, 0.4) is 0 Å². The van der Waals surface area contributed by atoms with E-state index in [1.54, 1.807) is 6.92 Å². The molecule has 0 radical (unpaired) electrons. The Morgan fingerprint density at radius 2 is 1.82 bits per heavy atom. The van der Waals surface area contributed by atoms with Crippen molar-refractivity contribution in [2.24, 2.45) is 0 Å². The maximum atomic E-state index is 10.9. The minimum Gasteiger partial charge on any atom is -0.353 e. The molecule has 0 aliphatic rings. The third kappa shape index (κ3) is 5.66. The van der Waals surface area contributed by atoms with Gasteiger partial charge < -0.3 is 5.32 Å². The van der Waals surface area contributed by atoms with Crippen molar-refractivity contribution in [2.75, 3.05) is 6.54 Å². The first-order chi connectivity index (χ1) is 8.08. The molecule has 90 valence electrons. The molecule has 1 N–H and O–H groups in total. The van der Waals surface area contributed by atoms with Crippen LogP contribution in [0.2, 0.25) is 0 Å². The van der Waals surface area contributed by atoms with Gasteiger partial charge in [-0.3, -0.25) is 9.59 Å². The summed E-state index contributed by atoms with van der Waals surface area (Å²) in [5.74, 6) is 0.130. The molecule has 1 amide bonds. The molecular weight excluding hydrogens is 214 g/mol. The molecule has 1 aromatic rings. The average molecular weight is 231 g/mol. The number of ketones is 1. The number of Topliss-reactive ketones (excluding diaryl/α,β-unsaturated/α-hetero) is 1. The molecule has 0 fully saturated rings. The lowest BCUT2D eigenvalue weighted by atomic mass is 10.1. The van der Waals surface area contributed by atoms with E-state index >= 15 is 0 Å². The van der Waals surface area contributed by atoms with Gasteiger partial charge in [0.05, 0.1) is 0 Å². The summed E-state index contributed by atoms with van der Waals surface area (Å²) in [5, 5.41) is 2.68. The van der Waals surface area contributed by atoms with Gasteiger partial charge in [-0.2, -0.15) is 0 Å². The highest BCUT2D eigenvalue weighted by Gasteiger charge is 1.96. The molecule has 0 unspecified atom stereocenters. The molecule has 0 heterocycles. The Morgan fingerprint density at radius 3 is 2.35 bits per heavy atom. The van der Waals surface area contributed by atoms with Gasteiger partial charge in [0.1, 0.15) is 5.78 Å². The van der Waals surface area contributed by atoms with E-state index in [0.29, 0.717) is 13.0 Å². The Bertz CT molecular complexity index is 418. The largest absolute Gasteiger partial charge is 0.353 e. The lowest BCUT2D eigenvalue weighted by Crippen LogP contribution is -2.19. The quantitative estimate of drug-likeness (QED) is 0.842. The third-order valence-corrected chi connectivity index (χ3v) is 2.21. The van der Waals surface area contributed by atoms with Gasteiger partial charge in [-0.25, -0.2) is 0 Å². The maximum Gasteiger partial charge on any atom is 0.217 e. The van der Waals surface area contributed by atoms with E-state index in [1.165, 1.54) is 6.92 Å². The SMILES string of the molecule is CC(=O)Cc1ccc(C=CCNC(C)=O)cc1. The van der Waals surface area contributed by atoms with Crippen molar-refractivity contribution in [3.8, 4) is 0 Å². The zero-order valence-corrected chi connectivity index (χ0v) is 10.2. The molecule has 3 heteroatoms. The highest BCUT2D eigenvalue weighted by Crippen LogP contribution is 2.07. The summed E-state index contributed by atoms with van der Waals surface area (Å²) in [6.07, 6.45) is 4.31. The molecule has 3 nitrogen and oxygen atoms in total. The van der Waals surface area contributed by atoms with Gasteiger partial charge in [0, 0.05) is 19.9 Å². The zero-order chi connectivity index (χ0) is 12.7. The summed E-state index contributed by atoms with van der Waals surface area (Å²) in [4.78, 5) is 21.5. The summed E-state index contributed by atoms with van der Waals surface area (Å²) in [6.45, 7) is 3.61. The van der Waals surface area contributed by atoms with Crippen molar-refractivity contribution in [3.05, 3.63) is 41.5 Å². The van der Waals surface area contributed by atoms with Crippen LogP contribution in [0, 0.1) is 0 Å². The fourth-order valence-electron chi connectivity index (χ4n) is 1.43. The highest BCUT2D eigenvalue weighted by molar-refractivity contribution is 5.78. The monoisotopic (exact) mass is 231 g/mol. The van der Waals surface area contributed by atoms with Crippen LogP contribution in [0.1, 0.15) is 25.0 Å². The van der Waals surface area contributed by atoms with Gasteiger partial charge in [0.15, 0.2) is 0 Å². The van der Waals surface area contributed by atoms with Crippen LogP contribution in [0.5, 0.6) is 0 Å². The first kappa shape index (κ1) is 13.2. The number of benzene rings is 1. The second-order valence-electron chi connectivity index (χ2n) is 3.96. The van der Waals surface area contributed by atoms with Gasteiger partial charge in [-0.15, -0.1) is 0 Å². The molecule has 0 saturated carbocycles. The van der Waals surface area contributed by atoms with Crippen molar-refractivity contribution in [3.63, 3.8) is 0 Å². The van der Waals surface area contributed by atoms with Crippen molar-refractivity contribution in [1.82, 2.24) is 5.32 Å². The number of hydrogen-bond acceptors (Lipinski definition) is 2. The van der Waals surface area contributed by atoms with Crippen LogP contribution in [-0.4, -0.2) is 18.2 Å². The van der Waals surface area contributed by atoms with Crippen molar-refractivity contribution in [2.45, 2.75) is 20.3 Å². The number of carbonyl (C=O) groups is 2. The van der Waals surface area contributed by atoms with Crippen LogP contribution in [0.4, 0.5) is 0 Å². The zero-order valence-electron chi connectivity index (χ0n) is 10.2. The van der Waals surface area contributed by atoms with Crippen LogP contribution >= 0.6 is 0 Å². The first-order valence-electron chi connectivity index (χ1n) is 5.57. The smallest absolute Gasteiger partial charge is 0.217 e. The van der Waals surface area contributed by atoms with Gasteiger partial charge in [-0.05, 0) is 18.1 Å². The van der Waals surface area contributed by atoms with E-state index in [2.05, 4.69) is 5.32 Å². The summed E-state index contributed by atoms with van der Waals surface area (Å²) >= 11 is 0. The second-order valence-corrected chi connectivity index (χ2v) is 3.96. The molecular formula is C14H17NO2. The predicted octanol–water partition coefficient (Wildman–Crippen LogP) is 1.97. The Kier molecular flexibility index (Phi) is 5.14. The normalized spacial score (nSPS) is 10.5. The molecule has 0 saturated heterocycles.